The molecule has 140 valence electrons. The molecule has 0 aromatic rings. The fourth-order valence-electron chi connectivity index (χ4n) is 7.67. The summed E-state index contributed by atoms with van der Waals surface area (Å²) in [5, 5.41) is 32.6. The number of ketones is 1. The van der Waals surface area contributed by atoms with Crippen LogP contribution in [0.5, 0.6) is 0 Å². The molecule has 0 saturated heterocycles. The van der Waals surface area contributed by atoms with Crippen molar-refractivity contribution in [2.45, 2.75) is 77.4 Å². The number of aliphatic hydroxyl groups is 2. The fraction of sp³-hybridized carbons (Fsp3) is 0.900. The van der Waals surface area contributed by atoms with Crippen LogP contribution in [-0.4, -0.2) is 38.8 Å². The molecule has 8 atom stereocenters. The Balaban J connectivity index is 1.87. The maximum Gasteiger partial charge on any atom is 0.309 e. The van der Waals surface area contributed by atoms with E-state index in [0.29, 0.717) is 25.7 Å². The number of Topliss-reactive ketones (excluding diaryl/α,β-unsaturated/α-hetero) is 1. The Kier molecular flexibility index (Phi) is 3.40. The zero-order valence-electron chi connectivity index (χ0n) is 15.4. The topological polar surface area (TPSA) is 94.8 Å². The molecule has 0 amide bonds. The maximum absolute atomic E-state index is 13.2. The molecule has 5 heteroatoms. The Labute approximate surface area is 148 Å². The minimum atomic E-state index is -1.31. The number of rotatable bonds is 1. The third kappa shape index (κ3) is 1.72. The standard InChI is InChI=1S/C20H30O5/c1-11-12-9-19(15(11)22)8-5-14-17(2,16(23)24)6-4-7-18(14,3)20(19,25)10-13(12)21/h11-14,21,25H,4-10H2,1-3H3,(H,23,24)/t11-,12?,13-,14-,17-,18-,19+,20-/m1/s1. The number of carboxylic acid groups (broad SMARTS) is 1. The molecule has 3 N–H and O–H groups in total. The van der Waals surface area contributed by atoms with E-state index in [1.165, 1.54) is 0 Å². The van der Waals surface area contributed by atoms with Crippen LogP contribution in [0.15, 0.2) is 0 Å². The van der Waals surface area contributed by atoms with Crippen LogP contribution in [0.2, 0.25) is 0 Å². The van der Waals surface area contributed by atoms with Crippen LogP contribution in [0, 0.1) is 34.0 Å². The van der Waals surface area contributed by atoms with Gasteiger partial charge in [0.15, 0.2) is 0 Å². The van der Waals surface area contributed by atoms with Gasteiger partial charge in [0.2, 0.25) is 0 Å². The van der Waals surface area contributed by atoms with Gasteiger partial charge in [0.1, 0.15) is 5.78 Å². The molecule has 0 aromatic carbocycles. The van der Waals surface area contributed by atoms with E-state index < -0.39 is 33.9 Å². The quantitative estimate of drug-likeness (QED) is 0.675. The fourth-order valence-corrected chi connectivity index (χ4v) is 7.67. The van der Waals surface area contributed by atoms with Crippen molar-refractivity contribution in [1.82, 2.24) is 0 Å². The SMILES string of the molecule is C[C@H]1C(=O)[C@@]23CC[C@@H]4[C@](C)(C(=O)O)CCC[C@@]4(C)[C@]2(O)C[C@@H](O)C1C3. The third-order valence-corrected chi connectivity index (χ3v) is 9.13. The average molecular weight is 350 g/mol. The molecule has 4 rings (SSSR count). The van der Waals surface area contributed by atoms with Crippen molar-refractivity contribution in [2.24, 2.45) is 34.0 Å². The van der Waals surface area contributed by atoms with Gasteiger partial charge in [-0.25, -0.2) is 0 Å². The van der Waals surface area contributed by atoms with Crippen molar-refractivity contribution in [2.75, 3.05) is 0 Å². The van der Waals surface area contributed by atoms with Gasteiger partial charge in [-0.3, -0.25) is 9.59 Å². The van der Waals surface area contributed by atoms with Crippen LogP contribution in [0.3, 0.4) is 0 Å². The van der Waals surface area contributed by atoms with Crippen molar-refractivity contribution < 1.29 is 24.9 Å². The number of carbonyl (C=O) groups excluding carboxylic acids is 1. The summed E-state index contributed by atoms with van der Waals surface area (Å²) in [6.07, 6.45) is 3.36. The van der Waals surface area contributed by atoms with E-state index in [1.54, 1.807) is 6.92 Å². The molecule has 4 saturated carbocycles. The summed E-state index contributed by atoms with van der Waals surface area (Å²) in [6.45, 7) is 5.68. The number of carboxylic acids is 1. The van der Waals surface area contributed by atoms with Crippen molar-refractivity contribution >= 4 is 11.8 Å². The van der Waals surface area contributed by atoms with Gasteiger partial charge in [-0.15, -0.1) is 0 Å². The van der Waals surface area contributed by atoms with E-state index >= 15 is 0 Å². The molecule has 0 heterocycles. The second kappa shape index (κ2) is 4.86. The molecule has 5 nitrogen and oxygen atoms in total. The number of fused-ring (bicyclic) bond motifs is 3. The van der Waals surface area contributed by atoms with E-state index in [1.807, 2.05) is 13.8 Å². The van der Waals surface area contributed by atoms with Gasteiger partial charge < -0.3 is 15.3 Å². The Morgan fingerprint density at radius 3 is 2.48 bits per heavy atom. The van der Waals surface area contributed by atoms with Crippen molar-refractivity contribution in [3.05, 3.63) is 0 Å². The summed E-state index contributed by atoms with van der Waals surface area (Å²) in [7, 11) is 0. The largest absolute Gasteiger partial charge is 0.481 e. The van der Waals surface area contributed by atoms with E-state index in [9.17, 15) is 24.9 Å². The molecule has 4 fully saturated rings. The lowest BCUT2D eigenvalue weighted by atomic mass is 9.38. The highest BCUT2D eigenvalue weighted by Gasteiger charge is 2.76. The lowest BCUT2D eigenvalue weighted by Gasteiger charge is -2.67. The Morgan fingerprint density at radius 2 is 1.84 bits per heavy atom. The normalized spacial score (nSPS) is 57.7. The van der Waals surface area contributed by atoms with Gasteiger partial charge in [-0.05, 0) is 50.9 Å². The Hall–Kier alpha value is -0.940. The average Bonchev–Trinajstić information content (AvgIpc) is 2.76. The summed E-state index contributed by atoms with van der Waals surface area (Å²) in [5.74, 6) is -1.17. The smallest absolute Gasteiger partial charge is 0.309 e. The van der Waals surface area contributed by atoms with Crippen LogP contribution in [0.25, 0.3) is 0 Å². The predicted molar refractivity (Wildman–Crippen MR) is 90.7 cm³/mol. The van der Waals surface area contributed by atoms with Gasteiger partial charge in [0.25, 0.3) is 0 Å². The minimum Gasteiger partial charge on any atom is -0.481 e. The second-order valence-electron chi connectivity index (χ2n) is 9.82. The predicted octanol–water partition coefficient (Wildman–Crippen LogP) is 2.38. The minimum absolute atomic E-state index is 0.0672. The highest BCUT2D eigenvalue weighted by Crippen LogP contribution is 2.72. The highest BCUT2D eigenvalue weighted by atomic mass is 16.4. The lowest BCUT2D eigenvalue weighted by Crippen LogP contribution is -2.71. The van der Waals surface area contributed by atoms with Crippen LogP contribution >= 0.6 is 0 Å². The number of hydrogen-bond acceptors (Lipinski definition) is 4. The first kappa shape index (κ1) is 17.5. The zero-order chi connectivity index (χ0) is 18.4. The molecule has 25 heavy (non-hydrogen) atoms. The van der Waals surface area contributed by atoms with Gasteiger partial charge in [-0.2, -0.15) is 0 Å². The molecular formula is C20H30O5. The molecule has 1 spiro atoms. The molecule has 0 aliphatic heterocycles. The molecular weight excluding hydrogens is 320 g/mol. The first-order valence-electron chi connectivity index (χ1n) is 9.72. The number of aliphatic carboxylic acids is 1. The maximum atomic E-state index is 13.2. The molecule has 2 bridgehead atoms. The van der Waals surface area contributed by atoms with Crippen molar-refractivity contribution in [3.63, 3.8) is 0 Å². The monoisotopic (exact) mass is 350 g/mol. The molecule has 1 unspecified atom stereocenters. The Morgan fingerprint density at radius 1 is 1.16 bits per heavy atom. The molecule has 0 radical (unpaired) electrons. The van der Waals surface area contributed by atoms with Crippen molar-refractivity contribution in [1.29, 1.82) is 0 Å². The van der Waals surface area contributed by atoms with Gasteiger partial charge in [0.05, 0.1) is 22.5 Å². The van der Waals surface area contributed by atoms with Gasteiger partial charge >= 0.3 is 5.97 Å². The first-order chi connectivity index (χ1) is 11.5. The van der Waals surface area contributed by atoms with Crippen LogP contribution in [0.1, 0.15) is 65.7 Å². The molecule has 4 aliphatic rings. The first-order valence-corrected chi connectivity index (χ1v) is 9.72. The van der Waals surface area contributed by atoms with E-state index in [-0.39, 0.29) is 30.0 Å². The summed E-state index contributed by atoms with van der Waals surface area (Å²) >= 11 is 0. The molecule has 0 aromatic heterocycles. The molecule has 4 aliphatic carbocycles. The number of aliphatic hydroxyl groups excluding tert-OH is 1. The number of carbonyl (C=O) groups is 2. The second-order valence-corrected chi connectivity index (χ2v) is 9.82. The Bertz CT molecular complexity index is 646. The van der Waals surface area contributed by atoms with E-state index in [4.69, 9.17) is 0 Å². The highest BCUT2D eigenvalue weighted by molar-refractivity contribution is 5.91. The van der Waals surface area contributed by atoms with E-state index in [0.717, 1.165) is 12.8 Å². The lowest BCUT2D eigenvalue weighted by molar-refractivity contribution is -0.266. The summed E-state index contributed by atoms with van der Waals surface area (Å²) < 4.78 is 0. The van der Waals surface area contributed by atoms with Gasteiger partial charge in [-0.1, -0.05) is 20.3 Å². The van der Waals surface area contributed by atoms with Crippen LogP contribution in [0.4, 0.5) is 0 Å². The summed E-state index contributed by atoms with van der Waals surface area (Å²) in [5.41, 5.74) is -3.63. The zero-order valence-corrected chi connectivity index (χ0v) is 15.4. The van der Waals surface area contributed by atoms with E-state index in [2.05, 4.69) is 0 Å². The van der Waals surface area contributed by atoms with Gasteiger partial charge in [0, 0.05) is 17.8 Å². The van der Waals surface area contributed by atoms with Crippen LogP contribution < -0.4 is 0 Å². The van der Waals surface area contributed by atoms with Crippen molar-refractivity contribution in [3.8, 4) is 0 Å². The third-order valence-electron chi connectivity index (χ3n) is 9.13. The summed E-state index contributed by atoms with van der Waals surface area (Å²) in [4.78, 5) is 25.3. The van der Waals surface area contributed by atoms with Crippen LogP contribution in [-0.2, 0) is 9.59 Å². The number of hydrogen-bond donors (Lipinski definition) is 3. The summed E-state index contributed by atoms with van der Waals surface area (Å²) in [6, 6.07) is 0.